The first-order valence-corrected chi connectivity index (χ1v) is 12.1. The van der Waals surface area contributed by atoms with Crippen molar-refractivity contribution in [3.8, 4) is 0 Å². The molecular formula is C25H27N3O4S. The highest BCUT2D eigenvalue weighted by molar-refractivity contribution is 7.92. The van der Waals surface area contributed by atoms with E-state index in [2.05, 4.69) is 10.6 Å². The second kappa shape index (κ2) is 10.8. The molecule has 3 aromatic rings. The van der Waals surface area contributed by atoms with Crippen LogP contribution in [0.3, 0.4) is 0 Å². The molecule has 2 N–H and O–H groups in total. The lowest BCUT2D eigenvalue weighted by Gasteiger charge is -2.24. The molecule has 0 saturated heterocycles. The van der Waals surface area contributed by atoms with E-state index in [9.17, 15) is 18.0 Å². The molecule has 3 aromatic carbocycles. The van der Waals surface area contributed by atoms with Crippen LogP contribution in [0.4, 0.5) is 11.4 Å². The molecule has 0 aliphatic carbocycles. The fourth-order valence-corrected chi connectivity index (χ4v) is 4.58. The van der Waals surface area contributed by atoms with Crippen molar-refractivity contribution in [1.29, 1.82) is 0 Å². The molecular weight excluding hydrogens is 438 g/mol. The van der Waals surface area contributed by atoms with Crippen molar-refractivity contribution < 1.29 is 18.0 Å². The Balaban J connectivity index is 1.87. The van der Waals surface area contributed by atoms with Gasteiger partial charge in [0.05, 0.1) is 21.8 Å². The molecule has 172 valence electrons. The third-order valence-corrected chi connectivity index (χ3v) is 6.89. The number of carbonyl (C=O) groups excluding carboxylic acids is 2. The Kier molecular flexibility index (Phi) is 7.84. The van der Waals surface area contributed by atoms with Gasteiger partial charge in [-0.05, 0) is 49.7 Å². The molecule has 3 rings (SSSR count). The summed E-state index contributed by atoms with van der Waals surface area (Å²) in [6.45, 7) is 3.40. The Morgan fingerprint density at radius 2 is 1.45 bits per heavy atom. The predicted octanol–water partition coefficient (Wildman–Crippen LogP) is 4.05. The molecule has 0 heterocycles. The smallest absolute Gasteiger partial charge is 0.264 e. The van der Waals surface area contributed by atoms with Crippen LogP contribution in [0.15, 0.2) is 89.8 Å². The van der Waals surface area contributed by atoms with Gasteiger partial charge in [0.25, 0.3) is 15.9 Å². The maximum atomic E-state index is 13.3. The highest BCUT2D eigenvalue weighted by Gasteiger charge is 2.27. The van der Waals surface area contributed by atoms with Gasteiger partial charge in [0, 0.05) is 6.04 Å². The van der Waals surface area contributed by atoms with Crippen LogP contribution in [-0.4, -0.2) is 32.8 Å². The van der Waals surface area contributed by atoms with E-state index in [1.807, 2.05) is 13.8 Å². The van der Waals surface area contributed by atoms with Crippen molar-refractivity contribution in [2.75, 3.05) is 16.2 Å². The first-order chi connectivity index (χ1) is 15.8. The number of anilines is 2. The van der Waals surface area contributed by atoms with Crippen molar-refractivity contribution in [3.05, 3.63) is 90.5 Å². The van der Waals surface area contributed by atoms with Crippen molar-refractivity contribution >= 4 is 33.2 Å². The number of sulfonamides is 1. The number of para-hydroxylation sites is 2. The lowest BCUT2D eigenvalue weighted by Crippen LogP contribution is -2.38. The summed E-state index contributed by atoms with van der Waals surface area (Å²) in [7, 11) is -3.99. The Morgan fingerprint density at radius 3 is 2.09 bits per heavy atom. The molecule has 0 saturated carbocycles. The number of benzene rings is 3. The van der Waals surface area contributed by atoms with Crippen LogP contribution < -0.4 is 14.9 Å². The second-order valence-corrected chi connectivity index (χ2v) is 9.40. The van der Waals surface area contributed by atoms with Crippen LogP contribution in [0, 0.1) is 0 Å². The fraction of sp³-hybridized carbons (Fsp3) is 0.200. The molecule has 33 heavy (non-hydrogen) atoms. The fourth-order valence-electron chi connectivity index (χ4n) is 3.14. The van der Waals surface area contributed by atoms with Gasteiger partial charge in [0.15, 0.2) is 0 Å². The first-order valence-electron chi connectivity index (χ1n) is 10.7. The minimum absolute atomic E-state index is 0.0224. The van der Waals surface area contributed by atoms with Crippen LogP contribution in [-0.2, 0) is 14.8 Å². The zero-order valence-electron chi connectivity index (χ0n) is 18.6. The number of nitrogens with zero attached hydrogens (tertiary/aromatic N) is 1. The quantitative estimate of drug-likeness (QED) is 0.498. The number of rotatable bonds is 9. The van der Waals surface area contributed by atoms with Crippen molar-refractivity contribution in [2.24, 2.45) is 0 Å². The Labute approximate surface area is 194 Å². The molecule has 0 fully saturated rings. The van der Waals surface area contributed by atoms with Gasteiger partial charge in [-0.3, -0.25) is 13.9 Å². The van der Waals surface area contributed by atoms with Gasteiger partial charge >= 0.3 is 0 Å². The highest BCUT2D eigenvalue weighted by Crippen LogP contribution is 2.24. The minimum Gasteiger partial charge on any atom is -0.350 e. The SMILES string of the molecule is CCC(C)NC(=O)c1ccccc1NC(=O)CN(c1ccccc1)S(=O)(=O)c1ccccc1. The largest absolute Gasteiger partial charge is 0.350 e. The van der Waals surface area contributed by atoms with Crippen LogP contribution in [0.5, 0.6) is 0 Å². The van der Waals surface area contributed by atoms with E-state index in [1.165, 1.54) is 12.1 Å². The molecule has 0 radical (unpaired) electrons. The van der Waals surface area contributed by atoms with Gasteiger partial charge in [-0.15, -0.1) is 0 Å². The second-order valence-electron chi connectivity index (χ2n) is 7.54. The molecule has 8 heteroatoms. The summed E-state index contributed by atoms with van der Waals surface area (Å²) in [5.74, 6) is -0.876. The monoisotopic (exact) mass is 465 g/mol. The number of amides is 2. The summed E-state index contributed by atoms with van der Waals surface area (Å²) in [5.41, 5.74) is 0.982. The molecule has 0 spiro atoms. The van der Waals surface area contributed by atoms with E-state index in [-0.39, 0.29) is 16.8 Å². The Bertz CT molecular complexity index is 1200. The summed E-state index contributed by atoms with van der Waals surface area (Å²) in [4.78, 5) is 25.7. The maximum absolute atomic E-state index is 13.3. The Morgan fingerprint density at radius 1 is 0.879 bits per heavy atom. The lowest BCUT2D eigenvalue weighted by atomic mass is 10.1. The van der Waals surface area contributed by atoms with Gasteiger partial charge < -0.3 is 10.6 Å². The average molecular weight is 466 g/mol. The molecule has 2 amide bonds. The zero-order chi connectivity index (χ0) is 23.8. The highest BCUT2D eigenvalue weighted by atomic mass is 32.2. The molecule has 1 atom stereocenters. The number of hydrogen-bond acceptors (Lipinski definition) is 4. The van der Waals surface area contributed by atoms with E-state index in [0.29, 0.717) is 16.9 Å². The van der Waals surface area contributed by atoms with Crippen molar-refractivity contribution in [1.82, 2.24) is 5.32 Å². The number of carbonyl (C=O) groups is 2. The summed E-state index contributed by atoms with van der Waals surface area (Å²) in [5, 5.41) is 5.58. The zero-order valence-corrected chi connectivity index (χ0v) is 19.4. The van der Waals surface area contributed by atoms with Gasteiger partial charge in [0.2, 0.25) is 5.91 Å². The lowest BCUT2D eigenvalue weighted by molar-refractivity contribution is -0.114. The Hall–Kier alpha value is -3.65. The average Bonchev–Trinajstić information content (AvgIpc) is 2.83. The third-order valence-electron chi connectivity index (χ3n) is 5.10. The molecule has 0 aromatic heterocycles. The van der Waals surface area contributed by atoms with Crippen molar-refractivity contribution in [2.45, 2.75) is 31.2 Å². The summed E-state index contributed by atoms with van der Waals surface area (Å²) in [6, 6.07) is 23.0. The van der Waals surface area contributed by atoms with Gasteiger partial charge in [-0.1, -0.05) is 55.5 Å². The molecule has 0 aliphatic heterocycles. The summed E-state index contributed by atoms with van der Waals surface area (Å²) in [6.07, 6.45) is 0.768. The summed E-state index contributed by atoms with van der Waals surface area (Å²) >= 11 is 0. The van der Waals surface area contributed by atoms with Crippen LogP contribution in [0.25, 0.3) is 0 Å². The molecule has 0 bridgehead atoms. The topological polar surface area (TPSA) is 95.6 Å². The third kappa shape index (κ3) is 5.98. The normalized spacial score (nSPS) is 11.9. The van der Waals surface area contributed by atoms with Gasteiger partial charge in [-0.25, -0.2) is 8.42 Å². The molecule has 0 aliphatic rings. The summed E-state index contributed by atoms with van der Waals surface area (Å²) < 4.78 is 27.7. The van der Waals surface area contributed by atoms with Gasteiger partial charge in [0.1, 0.15) is 6.54 Å². The van der Waals surface area contributed by atoms with Crippen LogP contribution in [0.1, 0.15) is 30.6 Å². The number of hydrogen-bond donors (Lipinski definition) is 2. The van der Waals surface area contributed by atoms with E-state index >= 15 is 0 Å². The van der Waals surface area contributed by atoms with Crippen LogP contribution >= 0.6 is 0 Å². The number of nitrogens with one attached hydrogen (secondary N) is 2. The predicted molar refractivity (Wildman–Crippen MR) is 130 cm³/mol. The van der Waals surface area contributed by atoms with Crippen LogP contribution in [0.2, 0.25) is 0 Å². The molecule has 1 unspecified atom stereocenters. The minimum atomic E-state index is -3.99. The van der Waals surface area contributed by atoms with E-state index < -0.39 is 22.5 Å². The van der Waals surface area contributed by atoms with E-state index in [4.69, 9.17) is 0 Å². The van der Waals surface area contributed by atoms with E-state index in [0.717, 1.165) is 10.7 Å². The van der Waals surface area contributed by atoms with Gasteiger partial charge in [-0.2, -0.15) is 0 Å². The first kappa shape index (κ1) is 24.0. The van der Waals surface area contributed by atoms with Crippen molar-refractivity contribution in [3.63, 3.8) is 0 Å². The maximum Gasteiger partial charge on any atom is 0.264 e. The van der Waals surface area contributed by atoms with E-state index in [1.54, 1.807) is 72.8 Å². The molecule has 7 nitrogen and oxygen atoms in total. The standard InChI is InChI=1S/C25H27N3O4S/c1-3-19(2)26-25(30)22-16-10-11-17-23(22)27-24(29)18-28(20-12-6-4-7-13-20)33(31,32)21-14-8-5-9-15-21/h4-17,19H,3,18H2,1-2H3,(H,26,30)(H,27,29).